The third-order valence-electron chi connectivity index (χ3n) is 3.40. The zero-order valence-electron chi connectivity index (χ0n) is 12.4. The molecule has 22 heavy (non-hydrogen) atoms. The summed E-state index contributed by atoms with van der Waals surface area (Å²) >= 11 is 0. The summed E-state index contributed by atoms with van der Waals surface area (Å²) in [7, 11) is 0. The van der Waals surface area contributed by atoms with Gasteiger partial charge in [0, 0.05) is 11.9 Å². The topological polar surface area (TPSA) is 37.6 Å². The molecule has 0 spiro atoms. The third kappa shape index (κ3) is 3.44. The van der Waals surface area contributed by atoms with Crippen molar-refractivity contribution in [2.75, 3.05) is 0 Å². The van der Waals surface area contributed by atoms with Gasteiger partial charge in [-0.3, -0.25) is 4.98 Å². The fourth-order valence-corrected chi connectivity index (χ4v) is 2.31. The highest BCUT2D eigenvalue weighted by atomic mass is 15.1. The standard InChI is InChI=1S/C19H17N3/c1-15-14-18(12-13-20-15)21-22-19(16-8-4-2-5-9-16)17-10-6-3-7-11-17/h2-14,19H,1H3. The van der Waals surface area contributed by atoms with Crippen molar-refractivity contribution in [1.82, 2.24) is 4.98 Å². The zero-order valence-corrected chi connectivity index (χ0v) is 12.4. The number of rotatable bonds is 4. The Kier molecular flexibility index (Phi) is 4.35. The minimum atomic E-state index is -0.101. The van der Waals surface area contributed by atoms with E-state index in [2.05, 4.69) is 39.5 Å². The van der Waals surface area contributed by atoms with Crippen LogP contribution in [-0.2, 0) is 0 Å². The molecule has 108 valence electrons. The number of hydrogen-bond acceptors (Lipinski definition) is 3. The molecule has 3 aromatic rings. The molecular weight excluding hydrogens is 270 g/mol. The summed E-state index contributed by atoms with van der Waals surface area (Å²) in [5, 5.41) is 8.98. The van der Waals surface area contributed by atoms with Crippen LogP contribution in [0.3, 0.4) is 0 Å². The molecule has 0 unspecified atom stereocenters. The minimum absolute atomic E-state index is 0.101. The number of aromatic nitrogens is 1. The normalized spacial score (nSPS) is 11.2. The van der Waals surface area contributed by atoms with E-state index in [-0.39, 0.29) is 6.04 Å². The van der Waals surface area contributed by atoms with Crippen molar-refractivity contribution in [2.24, 2.45) is 10.2 Å². The summed E-state index contributed by atoms with van der Waals surface area (Å²) in [4.78, 5) is 4.18. The Balaban J connectivity index is 1.96. The molecule has 0 amide bonds. The molecule has 0 atom stereocenters. The van der Waals surface area contributed by atoms with Crippen molar-refractivity contribution in [3.05, 3.63) is 95.8 Å². The van der Waals surface area contributed by atoms with E-state index >= 15 is 0 Å². The number of hydrogen-bond donors (Lipinski definition) is 0. The van der Waals surface area contributed by atoms with Crippen LogP contribution >= 0.6 is 0 Å². The Bertz CT molecular complexity index is 712. The molecule has 3 heteroatoms. The predicted molar refractivity (Wildman–Crippen MR) is 88.2 cm³/mol. The van der Waals surface area contributed by atoms with Crippen LogP contribution < -0.4 is 0 Å². The zero-order chi connectivity index (χ0) is 15.2. The fraction of sp³-hybridized carbons (Fsp3) is 0.105. The van der Waals surface area contributed by atoms with E-state index in [1.807, 2.05) is 55.5 Å². The second-order valence-electron chi connectivity index (χ2n) is 5.09. The highest BCUT2D eigenvalue weighted by Crippen LogP contribution is 2.27. The van der Waals surface area contributed by atoms with Crippen molar-refractivity contribution in [3.63, 3.8) is 0 Å². The van der Waals surface area contributed by atoms with Gasteiger partial charge in [-0.1, -0.05) is 60.7 Å². The number of nitrogens with zero attached hydrogens (tertiary/aromatic N) is 3. The van der Waals surface area contributed by atoms with Gasteiger partial charge in [-0.15, -0.1) is 0 Å². The lowest BCUT2D eigenvalue weighted by atomic mass is 10.00. The lowest BCUT2D eigenvalue weighted by Crippen LogP contribution is -1.96. The van der Waals surface area contributed by atoms with Crippen molar-refractivity contribution < 1.29 is 0 Å². The molecule has 0 saturated carbocycles. The van der Waals surface area contributed by atoms with E-state index in [0.29, 0.717) is 0 Å². The Hall–Kier alpha value is -2.81. The van der Waals surface area contributed by atoms with Gasteiger partial charge < -0.3 is 0 Å². The van der Waals surface area contributed by atoms with Gasteiger partial charge >= 0.3 is 0 Å². The van der Waals surface area contributed by atoms with Crippen LogP contribution in [-0.4, -0.2) is 4.98 Å². The van der Waals surface area contributed by atoms with Gasteiger partial charge in [-0.05, 0) is 30.2 Å². The monoisotopic (exact) mass is 287 g/mol. The lowest BCUT2D eigenvalue weighted by molar-refractivity contribution is 0.808. The Morgan fingerprint density at radius 2 is 1.41 bits per heavy atom. The second kappa shape index (κ2) is 6.76. The summed E-state index contributed by atoms with van der Waals surface area (Å²) in [6, 6.07) is 24.1. The van der Waals surface area contributed by atoms with E-state index < -0.39 is 0 Å². The SMILES string of the molecule is Cc1cc(N=NC(c2ccccc2)c2ccccc2)ccn1. The molecule has 0 aliphatic rings. The second-order valence-corrected chi connectivity index (χ2v) is 5.09. The molecule has 2 aromatic carbocycles. The van der Waals surface area contributed by atoms with Crippen molar-refractivity contribution in [1.29, 1.82) is 0 Å². The van der Waals surface area contributed by atoms with Gasteiger partial charge in [0.25, 0.3) is 0 Å². The van der Waals surface area contributed by atoms with Gasteiger partial charge in [0.05, 0.1) is 5.69 Å². The smallest absolute Gasteiger partial charge is 0.121 e. The number of benzene rings is 2. The maximum atomic E-state index is 4.57. The van der Waals surface area contributed by atoms with Gasteiger partial charge in [0.2, 0.25) is 0 Å². The van der Waals surface area contributed by atoms with Crippen LogP contribution in [0.5, 0.6) is 0 Å². The van der Waals surface area contributed by atoms with Gasteiger partial charge in [0.15, 0.2) is 0 Å². The van der Waals surface area contributed by atoms with Crippen LogP contribution in [0.2, 0.25) is 0 Å². The molecule has 0 radical (unpaired) electrons. The first-order valence-electron chi connectivity index (χ1n) is 7.26. The molecule has 0 aliphatic carbocycles. The minimum Gasteiger partial charge on any atom is -0.261 e. The summed E-state index contributed by atoms with van der Waals surface area (Å²) in [5.74, 6) is 0. The van der Waals surface area contributed by atoms with E-state index in [1.165, 1.54) is 0 Å². The Morgan fingerprint density at radius 3 is 1.95 bits per heavy atom. The summed E-state index contributed by atoms with van der Waals surface area (Å²) in [6.07, 6.45) is 1.75. The van der Waals surface area contributed by atoms with Crippen molar-refractivity contribution >= 4 is 5.69 Å². The maximum Gasteiger partial charge on any atom is 0.121 e. The Morgan fingerprint density at radius 1 is 0.818 bits per heavy atom. The lowest BCUT2D eigenvalue weighted by Gasteiger charge is -2.12. The number of aryl methyl sites for hydroxylation is 1. The average molecular weight is 287 g/mol. The first-order chi connectivity index (χ1) is 10.8. The van der Waals surface area contributed by atoms with E-state index in [0.717, 1.165) is 22.5 Å². The van der Waals surface area contributed by atoms with Crippen molar-refractivity contribution in [3.8, 4) is 0 Å². The van der Waals surface area contributed by atoms with Crippen LogP contribution in [0.25, 0.3) is 0 Å². The average Bonchev–Trinajstić information content (AvgIpc) is 2.57. The number of azo groups is 1. The van der Waals surface area contributed by atoms with Gasteiger partial charge in [-0.25, -0.2) is 0 Å². The van der Waals surface area contributed by atoms with Crippen LogP contribution in [0.4, 0.5) is 5.69 Å². The molecule has 3 nitrogen and oxygen atoms in total. The summed E-state index contributed by atoms with van der Waals surface area (Å²) < 4.78 is 0. The first kappa shape index (κ1) is 14.1. The fourth-order valence-electron chi connectivity index (χ4n) is 2.31. The largest absolute Gasteiger partial charge is 0.261 e. The van der Waals surface area contributed by atoms with E-state index in [4.69, 9.17) is 0 Å². The van der Waals surface area contributed by atoms with E-state index in [9.17, 15) is 0 Å². The van der Waals surface area contributed by atoms with Crippen molar-refractivity contribution in [2.45, 2.75) is 13.0 Å². The van der Waals surface area contributed by atoms with Crippen LogP contribution in [0, 0.1) is 6.92 Å². The highest BCUT2D eigenvalue weighted by Gasteiger charge is 2.12. The van der Waals surface area contributed by atoms with Gasteiger partial charge in [0.1, 0.15) is 6.04 Å². The summed E-state index contributed by atoms with van der Waals surface area (Å²) in [5.41, 5.74) is 4.02. The molecule has 1 aromatic heterocycles. The maximum absolute atomic E-state index is 4.57. The Labute approximate surface area is 130 Å². The molecule has 1 heterocycles. The molecule has 0 fully saturated rings. The quantitative estimate of drug-likeness (QED) is 0.603. The van der Waals surface area contributed by atoms with E-state index in [1.54, 1.807) is 6.20 Å². The molecular formula is C19H17N3. The third-order valence-corrected chi connectivity index (χ3v) is 3.40. The molecule has 0 aliphatic heterocycles. The summed E-state index contributed by atoms with van der Waals surface area (Å²) in [6.45, 7) is 1.95. The highest BCUT2D eigenvalue weighted by molar-refractivity contribution is 5.36. The molecule has 3 rings (SSSR count). The molecule has 0 bridgehead atoms. The predicted octanol–water partition coefficient (Wildman–Crippen LogP) is 5.26. The number of pyridine rings is 1. The van der Waals surface area contributed by atoms with Crippen LogP contribution in [0.1, 0.15) is 22.9 Å². The molecule has 0 saturated heterocycles. The first-order valence-corrected chi connectivity index (χ1v) is 7.26. The van der Waals surface area contributed by atoms with Crippen LogP contribution in [0.15, 0.2) is 89.2 Å². The molecule has 0 N–H and O–H groups in total. The van der Waals surface area contributed by atoms with Gasteiger partial charge in [-0.2, -0.15) is 10.2 Å².